The van der Waals surface area contributed by atoms with Crippen molar-refractivity contribution in [3.05, 3.63) is 58.4 Å². The molecule has 1 aromatic carbocycles. The van der Waals surface area contributed by atoms with Gasteiger partial charge in [-0.3, -0.25) is 0 Å². The fourth-order valence-corrected chi connectivity index (χ4v) is 2.21. The lowest BCUT2D eigenvalue weighted by atomic mass is 10.1. The largest absolute Gasteiger partial charge is 0.446 e. The molecule has 0 saturated carbocycles. The predicted molar refractivity (Wildman–Crippen MR) is 77.9 cm³/mol. The van der Waals surface area contributed by atoms with Gasteiger partial charge in [-0.15, -0.1) is 0 Å². The number of furan rings is 1. The third-order valence-corrected chi connectivity index (χ3v) is 3.18. The lowest BCUT2D eigenvalue weighted by molar-refractivity contribution is 0.551. The van der Waals surface area contributed by atoms with Gasteiger partial charge in [0.25, 0.3) is 0 Å². The van der Waals surface area contributed by atoms with E-state index in [1.807, 2.05) is 30.3 Å². The van der Waals surface area contributed by atoms with E-state index in [0.717, 1.165) is 11.3 Å². The fourth-order valence-electron chi connectivity index (χ4n) is 1.72. The van der Waals surface area contributed by atoms with Crippen molar-refractivity contribution in [2.24, 2.45) is 0 Å². The second-order valence-electron chi connectivity index (χ2n) is 3.87. The summed E-state index contributed by atoms with van der Waals surface area (Å²) in [6.07, 6.45) is 0. The van der Waals surface area contributed by atoms with Gasteiger partial charge in [0.05, 0.1) is 5.69 Å². The predicted octanol–water partition coefficient (Wildman–Crippen LogP) is 4.82. The summed E-state index contributed by atoms with van der Waals surface area (Å²) in [5.41, 5.74) is 1.75. The number of nitrogens with zero attached hydrogens (tertiary/aromatic N) is 2. The Morgan fingerprint density at radius 2 is 1.79 bits per heavy atom. The molecule has 0 fully saturated rings. The number of hydrogen-bond acceptors (Lipinski definition) is 3. The van der Waals surface area contributed by atoms with Gasteiger partial charge in [-0.05, 0) is 28.1 Å². The van der Waals surface area contributed by atoms with Crippen LogP contribution < -0.4 is 0 Å². The highest BCUT2D eigenvalue weighted by Crippen LogP contribution is 2.26. The van der Waals surface area contributed by atoms with Crippen molar-refractivity contribution in [1.29, 1.82) is 0 Å². The van der Waals surface area contributed by atoms with Crippen LogP contribution >= 0.6 is 27.5 Å². The molecule has 0 aliphatic carbocycles. The molecule has 3 nitrogen and oxygen atoms in total. The smallest absolute Gasteiger partial charge is 0.197 e. The first-order valence-electron chi connectivity index (χ1n) is 5.58. The van der Waals surface area contributed by atoms with Crippen LogP contribution in [-0.2, 0) is 0 Å². The van der Waals surface area contributed by atoms with Crippen LogP contribution in [0, 0.1) is 0 Å². The Bertz CT molecular complexity index is 712. The van der Waals surface area contributed by atoms with E-state index in [9.17, 15) is 0 Å². The topological polar surface area (TPSA) is 38.9 Å². The highest BCUT2D eigenvalue weighted by atomic mass is 79.9. The van der Waals surface area contributed by atoms with Crippen LogP contribution in [-0.4, -0.2) is 9.97 Å². The number of benzene rings is 1. The number of rotatable bonds is 2. The van der Waals surface area contributed by atoms with E-state index in [0.29, 0.717) is 21.4 Å². The molecule has 0 aliphatic rings. The molecule has 3 aromatic rings. The summed E-state index contributed by atoms with van der Waals surface area (Å²) in [6.45, 7) is 0. The summed E-state index contributed by atoms with van der Waals surface area (Å²) in [7, 11) is 0. The van der Waals surface area contributed by atoms with Gasteiger partial charge < -0.3 is 4.42 Å². The Kier molecular flexibility index (Phi) is 3.36. The molecule has 0 bridgehead atoms. The molecule has 0 spiro atoms. The van der Waals surface area contributed by atoms with Gasteiger partial charge in [0.2, 0.25) is 0 Å². The molecular weight excluding hydrogens is 328 g/mol. The lowest BCUT2D eigenvalue weighted by Crippen LogP contribution is -1.91. The van der Waals surface area contributed by atoms with Crippen molar-refractivity contribution < 1.29 is 4.42 Å². The second-order valence-corrected chi connectivity index (χ2v) is 5.04. The van der Waals surface area contributed by atoms with Crippen LogP contribution in [0.4, 0.5) is 0 Å². The molecule has 5 heteroatoms. The molecule has 0 aliphatic heterocycles. The molecule has 2 heterocycles. The molecule has 3 rings (SSSR count). The quantitative estimate of drug-likeness (QED) is 0.630. The Labute approximate surface area is 123 Å². The maximum absolute atomic E-state index is 6.05. The SMILES string of the molecule is Clc1cc(-c2ccccc2)nc(-c2ccc(Br)o2)n1. The monoisotopic (exact) mass is 334 g/mol. The Morgan fingerprint density at radius 1 is 1.00 bits per heavy atom. The summed E-state index contributed by atoms with van der Waals surface area (Å²) < 4.78 is 6.08. The molecule has 94 valence electrons. The van der Waals surface area contributed by atoms with Gasteiger partial charge in [-0.1, -0.05) is 41.9 Å². The first-order chi connectivity index (χ1) is 9.22. The van der Waals surface area contributed by atoms with E-state index >= 15 is 0 Å². The van der Waals surface area contributed by atoms with Gasteiger partial charge in [0, 0.05) is 11.6 Å². The molecule has 19 heavy (non-hydrogen) atoms. The molecule has 0 saturated heterocycles. The normalized spacial score (nSPS) is 10.6. The van der Waals surface area contributed by atoms with Gasteiger partial charge in [-0.2, -0.15) is 0 Å². The van der Waals surface area contributed by atoms with E-state index < -0.39 is 0 Å². The molecule has 2 aromatic heterocycles. The number of hydrogen-bond donors (Lipinski definition) is 0. The van der Waals surface area contributed by atoms with Gasteiger partial charge in [0.1, 0.15) is 5.15 Å². The zero-order chi connectivity index (χ0) is 13.2. The lowest BCUT2D eigenvalue weighted by Gasteiger charge is -2.03. The van der Waals surface area contributed by atoms with Gasteiger partial charge in [0.15, 0.2) is 16.3 Å². The minimum Gasteiger partial charge on any atom is -0.446 e. The molecule has 0 atom stereocenters. The summed E-state index contributed by atoms with van der Waals surface area (Å²) in [6, 6.07) is 15.1. The maximum atomic E-state index is 6.05. The van der Waals surface area contributed by atoms with E-state index in [1.54, 1.807) is 18.2 Å². The van der Waals surface area contributed by atoms with E-state index in [1.165, 1.54) is 0 Å². The summed E-state index contributed by atoms with van der Waals surface area (Å²) in [5, 5.41) is 0.386. The average molecular weight is 336 g/mol. The number of aromatic nitrogens is 2. The Morgan fingerprint density at radius 3 is 2.47 bits per heavy atom. The standard InChI is InChI=1S/C14H8BrClN2O/c15-12-7-6-11(19-12)14-17-10(8-13(16)18-14)9-4-2-1-3-5-9/h1-8H. The van der Waals surface area contributed by atoms with Crippen molar-refractivity contribution in [1.82, 2.24) is 9.97 Å². The Hall–Kier alpha value is -1.65. The average Bonchev–Trinajstić information content (AvgIpc) is 2.86. The minimum atomic E-state index is 0.386. The van der Waals surface area contributed by atoms with Crippen molar-refractivity contribution in [3.8, 4) is 22.8 Å². The second kappa shape index (κ2) is 5.15. The van der Waals surface area contributed by atoms with E-state index in [-0.39, 0.29) is 0 Å². The summed E-state index contributed by atoms with van der Waals surface area (Å²) in [4.78, 5) is 8.66. The maximum Gasteiger partial charge on any atom is 0.197 e. The highest BCUT2D eigenvalue weighted by Gasteiger charge is 2.10. The van der Waals surface area contributed by atoms with Crippen molar-refractivity contribution in [2.45, 2.75) is 0 Å². The van der Waals surface area contributed by atoms with Crippen LogP contribution in [0.3, 0.4) is 0 Å². The zero-order valence-corrected chi connectivity index (χ0v) is 12.0. The van der Waals surface area contributed by atoms with Crippen molar-refractivity contribution in [3.63, 3.8) is 0 Å². The van der Waals surface area contributed by atoms with Crippen LogP contribution in [0.1, 0.15) is 0 Å². The summed E-state index contributed by atoms with van der Waals surface area (Å²) in [5.74, 6) is 1.05. The molecule has 0 radical (unpaired) electrons. The van der Waals surface area contributed by atoms with Crippen molar-refractivity contribution >= 4 is 27.5 Å². The molecule has 0 unspecified atom stereocenters. The van der Waals surface area contributed by atoms with Crippen LogP contribution in [0.15, 0.2) is 57.6 Å². The van der Waals surface area contributed by atoms with Crippen LogP contribution in [0.5, 0.6) is 0 Å². The van der Waals surface area contributed by atoms with Crippen molar-refractivity contribution in [2.75, 3.05) is 0 Å². The zero-order valence-electron chi connectivity index (χ0n) is 9.68. The van der Waals surface area contributed by atoms with E-state index in [2.05, 4.69) is 25.9 Å². The Balaban J connectivity index is 2.11. The van der Waals surface area contributed by atoms with Crippen LogP contribution in [0.25, 0.3) is 22.8 Å². The molecule has 0 amide bonds. The van der Waals surface area contributed by atoms with Gasteiger partial charge in [-0.25, -0.2) is 9.97 Å². The molecular formula is C14H8BrClN2O. The first-order valence-corrected chi connectivity index (χ1v) is 6.75. The van der Waals surface area contributed by atoms with E-state index in [4.69, 9.17) is 16.0 Å². The van der Waals surface area contributed by atoms with Crippen LogP contribution in [0.2, 0.25) is 5.15 Å². The highest BCUT2D eigenvalue weighted by molar-refractivity contribution is 9.10. The third kappa shape index (κ3) is 2.69. The summed E-state index contributed by atoms with van der Waals surface area (Å²) >= 11 is 9.31. The molecule has 0 N–H and O–H groups in total. The number of halogens is 2. The minimum absolute atomic E-state index is 0.386. The fraction of sp³-hybridized carbons (Fsp3) is 0. The van der Waals surface area contributed by atoms with Gasteiger partial charge >= 0.3 is 0 Å². The first kappa shape index (κ1) is 12.4. The third-order valence-electron chi connectivity index (χ3n) is 2.56.